The first-order valence-electron chi connectivity index (χ1n) is 23.3. The molecule has 0 spiro atoms. The van der Waals surface area contributed by atoms with E-state index >= 15 is 0 Å². The second kappa shape index (κ2) is 43.8. The zero-order valence-electron chi connectivity index (χ0n) is 35.7. The average molecular weight is 760 g/mol. The molecule has 0 aliphatic carbocycles. The van der Waals surface area contributed by atoms with Gasteiger partial charge >= 0.3 is 5.97 Å². The van der Waals surface area contributed by atoms with Crippen LogP contribution in [-0.2, 0) is 14.3 Å². The molecule has 0 rings (SSSR count). The summed E-state index contributed by atoms with van der Waals surface area (Å²) in [5, 5.41) is 22.9. The number of carbonyl (C=O) groups excluding carboxylic acids is 2. The third kappa shape index (κ3) is 39.8. The van der Waals surface area contributed by atoms with Crippen molar-refractivity contribution in [3.63, 3.8) is 0 Å². The summed E-state index contributed by atoms with van der Waals surface area (Å²) < 4.78 is 5.41. The maximum atomic E-state index is 12.4. The van der Waals surface area contributed by atoms with Gasteiger partial charge in [0.1, 0.15) is 0 Å². The molecule has 0 aliphatic rings. The highest BCUT2D eigenvalue weighted by molar-refractivity contribution is 5.76. The van der Waals surface area contributed by atoms with Crippen LogP contribution in [0.25, 0.3) is 0 Å². The van der Waals surface area contributed by atoms with E-state index < -0.39 is 12.1 Å². The van der Waals surface area contributed by atoms with Gasteiger partial charge in [-0.15, -0.1) is 0 Å². The molecule has 0 fully saturated rings. The quantitative estimate of drug-likeness (QED) is 0.0249. The maximum absolute atomic E-state index is 12.4. The van der Waals surface area contributed by atoms with Crippen molar-refractivity contribution in [2.24, 2.45) is 0 Å². The number of carbonyl (C=O) groups is 2. The highest BCUT2D eigenvalue weighted by Gasteiger charge is 2.18. The molecule has 0 bridgehead atoms. The fourth-order valence-corrected chi connectivity index (χ4v) is 6.80. The van der Waals surface area contributed by atoms with Crippen molar-refractivity contribution >= 4 is 11.9 Å². The van der Waals surface area contributed by atoms with Gasteiger partial charge in [0.05, 0.1) is 25.4 Å². The SMILES string of the molecule is CCCCCCCCCCC/C=C/C(O)C(CO)NC(=O)CCCCCCCC/C=C\C=C/CCCCCOC(=O)CCCCCCCCCCCCC. The Balaban J connectivity index is 3.57. The van der Waals surface area contributed by atoms with Crippen LogP contribution in [-0.4, -0.2) is 47.4 Å². The van der Waals surface area contributed by atoms with Crippen LogP contribution in [0.5, 0.6) is 0 Å². The van der Waals surface area contributed by atoms with Crippen molar-refractivity contribution in [1.29, 1.82) is 0 Å². The lowest BCUT2D eigenvalue weighted by Gasteiger charge is -2.20. The van der Waals surface area contributed by atoms with Crippen LogP contribution in [0.4, 0.5) is 0 Å². The number of rotatable bonds is 42. The van der Waals surface area contributed by atoms with E-state index in [-0.39, 0.29) is 18.5 Å². The van der Waals surface area contributed by atoms with Crippen LogP contribution in [0, 0.1) is 0 Å². The molecule has 2 atom stereocenters. The number of esters is 1. The molecule has 6 nitrogen and oxygen atoms in total. The number of hydrogen-bond donors (Lipinski definition) is 3. The first-order chi connectivity index (χ1) is 26.5. The second-order valence-corrected chi connectivity index (χ2v) is 15.8. The molecule has 0 aromatic rings. The zero-order valence-corrected chi connectivity index (χ0v) is 35.7. The number of aliphatic hydroxyl groups excluding tert-OH is 2. The van der Waals surface area contributed by atoms with Crippen molar-refractivity contribution < 1.29 is 24.5 Å². The summed E-state index contributed by atoms with van der Waals surface area (Å²) in [6.45, 7) is 4.81. The number of nitrogens with one attached hydrogen (secondary N) is 1. The molecule has 0 saturated heterocycles. The van der Waals surface area contributed by atoms with Gasteiger partial charge in [0.15, 0.2) is 0 Å². The van der Waals surface area contributed by atoms with Crippen molar-refractivity contribution in [2.45, 2.75) is 244 Å². The van der Waals surface area contributed by atoms with Crippen LogP contribution >= 0.6 is 0 Å². The molecule has 316 valence electrons. The Kier molecular flexibility index (Phi) is 42.2. The normalized spacial score (nSPS) is 13.0. The molecular weight excluding hydrogens is 671 g/mol. The standard InChI is InChI=1S/C48H89NO5/c1-3-5-7-9-11-13-20-24-28-32-36-40-46(51)45(44-50)49-47(52)41-37-33-29-25-22-18-16-15-17-19-23-27-31-35-39-43-54-48(53)42-38-34-30-26-21-14-12-10-8-6-4-2/h15,17,19,23,36,40,45-46,50-51H,3-14,16,18,20-22,24-35,37-39,41-44H2,1-2H3,(H,49,52)/b17-15-,23-19-,40-36+. The summed E-state index contributed by atoms with van der Waals surface area (Å²) in [4.78, 5) is 24.3. The van der Waals surface area contributed by atoms with Crippen LogP contribution in [0.3, 0.4) is 0 Å². The number of allylic oxidation sites excluding steroid dienone is 5. The topological polar surface area (TPSA) is 95.9 Å². The summed E-state index contributed by atoms with van der Waals surface area (Å²) in [7, 11) is 0. The molecule has 54 heavy (non-hydrogen) atoms. The third-order valence-electron chi connectivity index (χ3n) is 10.4. The Morgan fingerprint density at radius 2 is 0.907 bits per heavy atom. The fourth-order valence-electron chi connectivity index (χ4n) is 6.80. The molecule has 6 heteroatoms. The van der Waals surface area contributed by atoms with E-state index in [0.29, 0.717) is 19.4 Å². The van der Waals surface area contributed by atoms with Gasteiger partial charge in [0, 0.05) is 12.8 Å². The summed E-state index contributed by atoms with van der Waals surface area (Å²) in [6, 6.07) is -0.642. The highest BCUT2D eigenvalue weighted by Crippen LogP contribution is 2.14. The number of aliphatic hydroxyl groups is 2. The number of amides is 1. The molecule has 2 unspecified atom stereocenters. The number of ether oxygens (including phenoxy) is 1. The molecule has 0 radical (unpaired) electrons. The van der Waals surface area contributed by atoms with Crippen LogP contribution < -0.4 is 5.32 Å². The zero-order chi connectivity index (χ0) is 39.4. The minimum atomic E-state index is -0.856. The van der Waals surface area contributed by atoms with Gasteiger partial charge in [0.2, 0.25) is 5.91 Å². The largest absolute Gasteiger partial charge is 0.466 e. The van der Waals surface area contributed by atoms with E-state index in [1.165, 1.54) is 128 Å². The Hall–Kier alpha value is -1.92. The van der Waals surface area contributed by atoms with Gasteiger partial charge in [-0.3, -0.25) is 9.59 Å². The summed E-state index contributed by atoms with van der Waals surface area (Å²) in [5.74, 6) is -0.118. The van der Waals surface area contributed by atoms with E-state index in [4.69, 9.17) is 4.74 Å². The van der Waals surface area contributed by atoms with Crippen molar-refractivity contribution in [2.75, 3.05) is 13.2 Å². The third-order valence-corrected chi connectivity index (χ3v) is 10.4. The van der Waals surface area contributed by atoms with Crippen LogP contribution in [0.15, 0.2) is 36.5 Å². The van der Waals surface area contributed by atoms with Crippen molar-refractivity contribution in [3.8, 4) is 0 Å². The molecular formula is C48H89NO5. The second-order valence-electron chi connectivity index (χ2n) is 15.8. The molecule has 0 saturated carbocycles. The Morgan fingerprint density at radius 3 is 1.37 bits per heavy atom. The first kappa shape index (κ1) is 52.1. The average Bonchev–Trinajstić information content (AvgIpc) is 3.17. The van der Waals surface area contributed by atoms with Gasteiger partial charge in [-0.2, -0.15) is 0 Å². The Labute approximate surface area is 334 Å². The molecule has 1 amide bonds. The lowest BCUT2D eigenvalue weighted by molar-refractivity contribution is -0.143. The van der Waals surface area contributed by atoms with Crippen molar-refractivity contribution in [1.82, 2.24) is 5.32 Å². The van der Waals surface area contributed by atoms with Crippen LogP contribution in [0.2, 0.25) is 0 Å². The van der Waals surface area contributed by atoms with E-state index in [0.717, 1.165) is 77.0 Å². The maximum Gasteiger partial charge on any atom is 0.305 e. The summed E-state index contributed by atoms with van der Waals surface area (Å²) in [5.41, 5.74) is 0. The molecule has 0 heterocycles. The highest BCUT2D eigenvalue weighted by atomic mass is 16.5. The minimum absolute atomic E-state index is 0.0243. The van der Waals surface area contributed by atoms with E-state index in [9.17, 15) is 19.8 Å². The van der Waals surface area contributed by atoms with E-state index in [1.54, 1.807) is 6.08 Å². The number of unbranched alkanes of at least 4 members (excludes halogenated alkanes) is 28. The lowest BCUT2D eigenvalue weighted by Crippen LogP contribution is -2.45. The lowest BCUT2D eigenvalue weighted by atomic mass is 10.1. The monoisotopic (exact) mass is 760 g/mol. The molecule has 0 aromatic carbocycles. The Bertz CT molecular complexity index is 884. The first-order valence-corrected chi connectivity index (χ1v) is 23.3. The van der Waals surface area contributed by atoms with Gasteiger partial charge in [0.25, 0.3) is 0 Å². The van der Waals surface area contributed by atoms with E-state index in [2.05, 4.69) is 43.5 Å². The van der Waals surface area contributed by atoms with E-state index in [1.807, 2.05) is 6.08 Å². The smallest absolute Gasteiger partial charge is 0.305 e. The van der Waals surface area contributed by atoms with Crippen molar-refractivity contribution in [3.05, 3.63) is 36.5 Å². The van der Waals surface area contributed by atoms with Gasteiger partial charge < -0.3 is 20.3 Å². The molecule has 3 N–H and O–H groups in total. The van der Waals surface area contributed by atoms with Crippen LogP contribution in [0.1, 0.15) is 232 Å². The molecule has 0 aromatic heterocycles. The minimum Gasteiger partial charge on any atom is -0.466 e. The number of hydrogen-bond acceptors (Lipinski definition) is 5. The molecule has 0 aliphatic heterocycles. The Morgan fingerprint density at radius 1 is 0.519 bits per heavy atom. The predicted molar refractivity (Wildman–Crippen MR) is 232 cm³/mol. The van der Waals surface area contributed by atoms with Gasteiger partial charge in [-0.25, -0.2) is 0 Å². The van der Waals surface area contributed by atoms with Gasteiger partial charge in [-0.1, -0.05) is 192 Å². The fraction of sp³-hybridized carbons (Fsp3) is 0.833. The summed E-state index contributed by atoms with van der Waals surface area (Å²) >= 11 is 0. The predicted octanol–water partition coefficient (Wildman–Crippen LogP) is 13.3. The summed E-state index contributed by atoms with van der Waals surface area (Å²) in [6.07, 6.45) is 51.3. The van der Waals surface area contributed by atoms with Gasteiger partial charge in [-0.05, 0) is 64.2 Å².